The first-order valence-corrected chi connectivity index (χ1v) is 8.79. The molecule has 132 valence electrons. The van der Waals surface area contributed by atoms with E-state index in [4.69, 9.17) is 21.1 Å². The Hall–Kier alpha value is -1.14. The number of halogens is 1. The van der Waals surface area contributed by atoms with E-state index in [1.165, 1.54) is 5.56 Å². The molecule has 2 heterocycles. The highest BCUT2D eigenvalue weighted by atomic mass is 35.5. The Labute approximate surface area is 148 Å². The van der Waals surface area contributed by atoms with E-state index in [9.17, 15) is 4.79 Å². The Bertz CT molecular complexity index is 583. The summed E-state index contributed by atoms with van der Waals surface area (Å²) in [5.74, 6) is 0.511. The third kappa shape index (κ3) is 4.09. The molecule has 2 aliphatic rings. The molecule has 0 radical (unpaired) electrons. The molecule has 3 rings (SSSR count). The van der Waals surface area contributed by atoms with Crippen molar-refractivity contribution >= 4 is 17.5 Å². The van der Waals surface area contributed by atoms with Crippen LogP contribution in [0.5, 0.6) is 0 Å². The number of hydrogen-bond donors (Lipinski definition) is 1. The number of nitrogens with one attached hydrogen (secondary N) is 1. The summed E-state index contributed by atoms with van der Waals surface area (Å²) in [6.45, 7) is 5.24. The Morgan fingerprint density at radius 2 is 2.42 bits per heavy atom. The van der Waals surface area contributed by atoms with E-state index in [-0.39, 0.29) is 11.3 Å². The second-order valence-corrected chi connectivity index (χ2v) is 7.33. The minimum atomic E-state index is -0.0598. The lowest BCUT2D eigenvalue weighted by atomic mass is 9.78. The zero-order valence-electron chi connectivity index (χ0n) is 14.1. The molecule has 1 amide bonds. The van der Waals surface area contributed by atoms with E-state index < -0.39 is 0 Å². The number of hydrogen-bond acceptors (Lipinski definition) is 4. The van der Waals surface area contributed by atoms with Crippen LogP contribution < -0.4 is 5.32 Å². The maximum atomic E-state index is 12.3. The Morgan fingerprint density at radius 1 is 1.54 bits per heavy atom. The Balaban J connectivity index is 1.60. The van der Waals surface area contributed by atoms with Crippen molar-refractivity contribution in [3.05, 3.63) is 34.9 Å². The Morgan fingerprint density at radius 3 is 3.21 bits per heavy atom. The van der Waals surface area contributed by atoms with Crippen LogP contribution in [-0.4, -0.2) is 57.4 Å². The van der Waals surface area contributed by atoms with Crippen molar-refractivity contribution in [2.45, 2.75) is 13.0 Å². The van der Waals surface area contributed by atoms with Gasteiger partial charge in [-0.2, -0.15) is 0 Å². The Kier molecular flexibility index (Phi) is 5.76. The van der Waals surface area contributed by atoms with Gasteiger partial charge in [-0.25, -0.2) is 0 Å². The lowest BCUT2D eigenvalue weighted by Gasteiger charge is -2.26. The zero-order valence-corrected chi connectivity index (χ0v) is 14.8. The summed E-state index contributed by atoms with van der Waals surface area (Å²) < 4.78 is 10.7. The van der Waals surface area contributed by atoms with Crippen LogP contribution in [0.3, 0.4) is 0 Å². The molecule has 0 unspecified atom stereocenters. The molecule has 6 heteroatoms. The monoisotopic (exact) mass is 352 g/mol. The molecular formula is C18H25ClN2O3. The van der Waals surface area contributed by atoms with Crippen LogP contribution in [-0.2, 0) is 20.8 Å². The van der Waals surface area contributed by atoms with E-state index >= 15 is 0 Å². The molecule has 5 nitrogen and oxygen atoms in total. The van der Waals surface area contributed by atoms with Crippen molar-refractivity contribution in [2.75, 3.05) is 46.6 Å². The zero-order chi connectivity index (χ0) is 17.0. The van der Waals surface area contributed by atoms with E-state index in [1.54, 1.807) is 7.11 Å². The van der Waals surface area contributed by atoms with E-state index in [0.29, 0.717) is 32.1 Å². The van der Waals surface area contributed by atoms with Crippen LogP contribution in [0.2, 0.25) is 5.02 Å². The fourth-order valence-corrected chi connectivity index (χ4v) is 4.09. The molecule has 2 saturated heterocycles. The van der Waals surface area contributed by atoms with Crippen molar-refractivity contribution in [2.24, 2.45) is 11.3 Å². The number of fused-ring (bicyclic) bond motifs is 1. The highest BCUT2D eigenvalue weighted by Gasteiger charge is 2.51. The van der Waals surface area contributed by atoms with Gasteiger partial charge in [-0.1, -0.05) is 23.7 Å². The van der Waals surface area contributed by atoms with Gasteiger partial charge in [0, 0.05) is 56.1 Å². The predicted octanol–water partition coefficient (Wildman–Crippen LogP) is 1.94. The summed E-state index contributed by atoms with van der Waals surface area (Å²) in [6.07, 6.45) is 0.521. The van der Waals surface area contributed by atoms with E-state index in [0.717, 1.165) is 31.3 Å². The number of likely N-dealkylation sites (tertiary alicyclic amines) is 1. The normalized spacial score (nSPS) is 26.5. The first-order valence-electron chi connectivity index (χ1n) is 8.41. The first-order chi connectivity index (χ1) is 11.6. The molecule has 0 spiro atoms. The lowest BCUT2D eigenvalue weighted by Crippen LogP contribution is -2.38. The highest BCUT2D eigenvalue weighted by molar-refractivity contribution is 6.30. The summed E-state index contributed by atoms with van der Waals surface area (Å²) in [5, 5.41) is 3.70. The summed E-state index contributed by atoms with van der Waals surface area (Å²) in [5.41, 5.74) is 1.15. The molecule has 1 aromatic carbocycles. The second-order valence-electron chi connectivity index (χ2n) is 6.89. The summed E-state index contributed by atoms with van der Waals surface area (Å²) in [7, 11) is 1.64. The average Bonchev–Trinajstić information content (AvgIpc) is 3.03. The number of ether oxygens (including phenoxy) is 2. The number of carbonyl (C=O) groups is 1. The van der Waals surface area contributed by atoms with E-state index in [1.807, 2.05) is 18.2 Å². The summed E-state index contributed by atoms with van der Waals surface area (Å²) in [4.78, 5) is 14.7. The van der Waals surface area contributed by atoms with Crippen LogP contribution in [0.1, 0.15) is 12.0 Å². The van der Waals surface area contributed by atoms with Crippen molar-refractivity contribution in [3.8, 4) is 0 Å². The molecule has 0 saturated carbocycles. The van der Waals surface area contributed by atoms with Crippen molar-refractivity contribution in [3.63, 3.8) is 0 Å². The molecule has 2 aliphatic heterocycles. The van der Waals surface area contributed by atoms with Crippen LogP contribution >= 0.6 is 11.6 Å². The molecule has 0 aromatic heterocycles. The smallest absolute Gasteiger partial charge is 0.220 e. The molecule has 0 aliphatic carbocycles. The lowest BCUT2D eigenvalue weighted by molar-refractivity contribution is -0.123. The van der Waals surface area contributed by atoms with Crippen molar-refractivity contribution in [1.29, 1.82) is 0 Å². The van der Waals surface area contributed by atoms with Gasteiger partial charge in [-0.3, -0.25) is 9.69 Å². The number of benzene rings is 1. The summed E-state index contributed by atoms with van der Waals surface area (Å²) in [6, 6.07) is 7.98. The van der Waals surface area contributed by atoms with Crippen LogP contribution in [0.25, 0.3) is 0 Å². The molecule has 2 atom stereocenters. The maximum Gasteiger partial charge on any atom is 0.220 e. The number of rotatable bonds is 7. The van der Waals surface area contributed by atoms with Crippen LogP contribution in [0.15, 0.2) is 24.3 Å². The van der Waals surface area contributed by atoms with Gasteiger partial charge in [0.2, 0.25) is 5.91 Å². The standard InChI is InChI=1S/C18H25ClN2O3/c1-23-6-5-20-17(22)8-18-12-21(10-15(18)11-24-13-18)9-14-3-2-4-16(19)7-14/h2-4,7,15H,5-6,8-13H2,1H3,(H,20,22)/t15-,18+/m1/s1. The fraction of sp³-hybridized carbons (Fsp3) is 0.611. The van der Waals surface area contributed by atoms with Gasteiger partial charge in [-0.05, 0) is 17.7 Å². The minimum absolute atomic E-state index is 0.0598. The average molecular weight is 353 g/mol. The fourth-order valence-electron chi connectivity index (χ4n) is 3.88. The van der Waals surface area contributed by atoms with Gasteiger partial charge in [0.15, 0.2) is 0 Å². The number of nitrogens with zero attached hydrogens (tertiary/aromatic N) is 1. The van der Waals surface area contributed by atoms with Gasteiger partial charge >= 0.3 is 0 Å². The number of amides is 1. The molecule has 1 N–H and O–H groups in total. The SMILES string of the molecule is COCCNC(=O)C[C@]12COC[C@H]1CN(Cc1cccc(Cl)c1)C2. The molecule has 1 aromatic rings. The van der Waals surface area contributed by atoms with E-state index in [2.05, 4.69) is 16.3 Å². The first kappa shape index (κ1) is 17.7. The van der Waals surface area contributed by atoms with Crippen molar-refractivity contribution < 1.29 is 14.3 Å². The second kappa shape index (κ2) is 7.83. The molecular weight excluding hydrogens is 328 g/mol. The summed E-state index contributed by atoms with van der Waals surface area (Å²) >= 11 is 6.08. The third-order valence-corrected chi connectivity index (χ3v) is 5.26. The molecule has 2 fully saturated rings. The maximum absolute atomic E-state index is 12.3. The van der Waals surface area contributed by atoms with Gasteiger partial charge in [-0.15, -0.1) is 0 Å². The number of carbonyl (C=O) groups excluding carboxylic acids is 1. The van der Waals surface area contributed by atoms with Crippen LogP contribution in [0, 0.1) is 11.3 Å². The number of methoxy groups -OCH3 is 1. The van der Waals surface area contributed by atoms with Gasteiger partial charge < -0.3 is 14.8 Å². The highest BCUT2D eigenvalue weighted by Crippen LogP contribution is 2.44. The molecule has 24 heavy (non-hydrogen) atoms. The minimum Gasteiger partial charge on any atom is -0.383 e. The van der Waals surface area contributed by atoms with Gasteiger partial charge in [0.05, 0.1) is 19.8 Å². The third-order valence-electron chi connectivity index (χ3n) is 5.03. The topological polar surface area (TPSA) is 50.8 Å². The van der Waals surface area contributed by atoms with Crippen LogP contribution in [0.4, 0.5) is 0 Å². The molecule has 0 bridgehead atoms. The van der Waals surface area contributed by atoms with Gasteiger partial charge in [0.25, 0.3) is 0 Å². The predicted molar refractivity (Wildman–Crippen MR) is 93.0 cm³/mol. The quantitative estimate of drug-likeness (QED) is 0.762. The van der Waals surface area contributed by atoms with Crippen molar-refractivity contribution in [1.82, 2.24) is 10.2 Å². The largest absolute Gasteiger partial charge is 0.383 e. The van der Waals surface area contributed by atoms with Gasteiger partial charge in [0.1, 0.15) is 0 Å².